The smallest absolute Gasteiger partial charge is 0.319 e. The van der Waals surface area contributed by atoms with E-state index in [0.29, 0.717) is 37.4 Å². The van der Waals surface area contributed by atoms with Crippen LogP contribution in [0.5, 0.6) is 11.5 Å². The number of nitrogens with one attached hydrogen (secondary N) is 3. The van der Waals surface area contributed by atoms with Crippen molar-refractivity contribution in [1.82, 2.24) is 15.5 Å². The summed E-state index contributed by atoms with van der Waals surface area (Å²) < 4.78 is 37.7. The van der Waals surface area contributed by atoms with Crippen LogP contribution in [-0.4, -0.2) is 74.5 Å². The van der Waals surface area contributed by atoms with Crippen LogP contribution in [0.3, 0.4) is 0 Å². The van der Waals surface area contributed by atoms with Gasteiger partial charge >= 0.3 is 6.03 Å². The number of rotatable bonds is 9. The van der Waals surface area contributed by atoms with Gasteiger partial charge in [0.25, 0.3) is 0 Å². The van der Waals surface area contributed by atoms with Crippen molar-refractivity contribution >= 4 is 17.6 Å². The van der Waals surface area contributed by atoms with Gasteiger partial charge in [-0.05, 0) is 55.5 Å². The number of nitrogens with zero attached hydrogens (tertiary/aromatic N) is 1. The lowest BCUT2D eigenvalue weighted by Crippen LogP contribution is -2.55. The summed E-state index contributed by atoms with van der Waals surface area (Å²) in [5.41, 5.74) is 0.856. The first kappa shape index (κ1) is 27.6. The molecule has 0 bridgehead atoms. The molecule has 1 saturated heterocycles. The molecule has 1 aliphatic carbocycles. The van der Waals surface area contributed by atoms with Crippen LogP contribution in [0.15, 0.2) is 36.4 Å². The third-order valence-electron chi connectivity index (χ3n) is 7.62. The predicted octanol–water partition coefficient (Wildman–Crippen LogP) is 2.78. The molecule has 1 saturated carbocycles. The lowest BCUT2D eigenvalue weighted by atomic mass is 9.65. The number of halogens is 2. The highest BCUT2D eigenvalue weighted by molar-refractivity contribution is 5.89. The number of hydrogen-bond acceptors (Lipinski definition) is 6. The summed E-state index contributed by atoms with van der Waals surface area (Å²) in [5.74, 6) is -0.881. The zero-order chi connectivity index (χ0) is 27.3. The number of aliphatic hydroxyl groups excluding tert-OH is 1. The lowest BCUT2D eigenvalue weighted by molar-refractivity contribution is -0.132. The van der Waals surface area contributed by atoms with Gasteiger partial charge in [0.1, 0.15) is 0 Å². The van der Waals surface area contributed by atoms with Gasteiger partial charge < -0.3 is 35.4 Å². The molecular formula is C27H34F2N4O5. The van der Waals surface area contributed by atoms with Crippen molar-refractivity contribution in [3.8, 4) is 11.5 Å². The summed E-state index contributed by atoms with van der Waals surface area (Å²) in [6.07, 6.45) is 2.66. The van der Waals surface area contributed by atoms with E-state index in [4.69, 9.17) is 14.6 Å². The molecule has 0 spiro atoms. The number of ether oxygens (including phenoxy) is 2. The molecule has 2 aromatic carbocycles. The van der Waals surface area contributed by atoms with Crippen molar-refractivity contribution in [1.29, 1.82) is 0 Å². The minimum Gasteiger partial charge on any atom is -0.493 e. The number of aliphatic hydroxyl groups is 1. The highest BCUT2D eigenvalue weighted by Crippen LogP contribution is 2.50. The van der Waals surface area contributed by atoms with Gasteiger partial charge in [-0.3, -0.25) is 4.79 Å². The number of methoxy groups -OCH3 is 2. The van der Waals surface area contributed by atoms with Crippen LogP contribution in [0.1, 0.15) is 31.2 Å². The van der Waals surface area contributed by atoms with Crippen molar-refractivity contribution in [2.45, 2.75) is 43.2 Å². The number of urea groups is 1. The van der Waals surface area contributed by atoms with E-state index in [1.807, 2.05) is 23.1 Å². The Kier molecular flexibility index (Phi) is 8.68. The van der Waals surface area contributed by atoms with E-state index < -0.39 is 17.7 Å². The summed E-state index contributed by atoms with van der Waals surface area (Å²) in [4.78, 5) is 27.7. The fourth-order valence-electron chi connectivity index (χ4n) is 5.76. The van der Waals surface area contributed by atoms with Crippen LogP contribution in [-0.2, 0) is 10.2 Å². The standard InChI is InChI=1S/C27H34F2N4O5/c1-37-22-6-3-17(13-23(22)38-2)27-8-7-19(32-26(36)31-18-4-5-20(28)21(29)14-18)15-24(27)33(11-9-27)25(35)16-30-10-12-34/h3-6,13-14,19,24,30,34H,7-12,15-16H2,1-2H3,(H2,31,32,36)/t19-,24+,27+/m1/s1. The Morgan fingerprint density at radius 1 is 1.08 bits per heavy atom. The molecule has 38 heavy (non-hydrogen) atoms. The zero-order valence-corrected chi connectivity index (χ0v) is 21.6. The molecule has 0 aromatic heterocycles. The van der Waals surface area contributed by atoms with Gasteiger partial charge in [0.05, 0.1) is 27.4 Å². The molecule has 1 aliphatic heterocycles. The number of carbonyl (C=O) groups is 2. The Balaban J connectivity index is 1.54. The Bertz CT molecular complexity index is 1170. The first-order valence-electron chi connectivity index (χ1n) is 12.7. The predicted molar refractivity (Wildman–Crippen MR) is 137 cm³/mol. The topological polar surface area (TPSA) is 112 Å². The van der Waals surface area contributed by atoms with Gasteiger partial charge in [0.2, 0.25) is 5.91 Å². The van der Waals surface area contributed by atoms with E-state index in [0.717, 1.165) is 30.5 Å². The zero-order valence-electron chi connectivity index (χ0n) is 21.6. The number of amides is 3. The Morgan fingerprint density at radius 3 is 2.58 bits per heavy atom. The molecule has 3 atom stereocenters. The molecule has 2 aromatic rings. The van der Waals surface area contributed by atoms with Gasteiger partial charge in [0.15, 0.2) is 23.1 Å². The van der Waals surface area contributed by atoms with Gasteiger partial charge in [-0.25, -0.2) is 13.6 Å². The van der Waals surface area contributed by atoms with Crippen LogP contribution in [0.2, 0.25) is 0 Å². The number of hydrogen-bond donors (Lipinski definition) is 4. The van der Waals surface area contributed by atoms with Crippen LogP contribution >= 0.6 is 0 Å². The number of likely N-dealkylation sites (tertiary alicyclic amines) is 1. The second kappa shape index (κ2) is 12.0. The van der Waals surface area contributed by atoms with E-state index >= 15 is 0 Å². The van der Waals surface area contributed by atoms with Crippen LogP contribution in [0.4, 0.5) is 19.3 Å². The number of benzene rings is 2. The second-order valence-electron chi connectivity index (χ2n) is 9.68. The molecular weight excluding hydrogens is 498 g/mol. The summed E-state index contributed by atoms with van der Waals surface area (Å²) in [6, 6.07) is 8.06. The molecule has 0 radical (unpaired) electrons. The van der Waals surface area contributed by atoms with E-state index in [-0.39, 0.29) is 42.2 Å². The third kappa shape index (κ3) is 5.68. The van der Waals surface area contributed by atoms with Crippen molar-refractivity contribution in [3.63, 3.8) is 0 Å². The average molecular weight is 533 g/mol. The van der Waals surface area contributed by atoms with E-state index in [1.165, 1.54) is 6.07 Å². The average Bonchev–Trinajstić information content (AvgIpc) is 3.30. The van der Waals surface area contributed by atoms with E-state index in [1.54, 1.807) is 14.2 Å². The normalized spacial score (nSPS) is 22.5. The Hall–Kier alpha value is -3.44. The summed E-state index contributed by atoms with van der Waals surface area (Å²) in [7, 11) is 3.16. The maximum atomic E-state index is 13.6. The first-order chi connectivity index (χ1) is 18.3. The number of carbonyl (C=O) groups excluding carboxylic acids is 2. The highest BCUT2D eigenvalue weighted by Gasteiger charge is 2.53. The fourth-order valence-corrected chi connectivity index (χ4v) is 5.76. The molecule has 2 aliphatic rings. The fraction of sp³-hybridized carbons (Fsp3) is 0.481. The van der Waals surface area contributed by atoms with Gasteiger partial charge in [0, 0.05) is 42.3 Å². The molecule has 4 N–H and O–H groups in total. The largest absolute Gasteiger partial charge is 0.493 e. The summed E-state index contributed by atoms with van der Waals surface area (Å²) in [5, 5.41) is 17.5. The Morgan fingerprint density at radius 2 is 1.87 bits per heavy atom. The number of anilines is 1. The van der Waals surface area contributed by atoms with Gasteiger partial charge in [-0.2, -0.15) is 0 Å². The lowest BCUT2D eigenvalue weighted by Gasteiger charge is -2.45. The highest BCUT2D eigenvalue weighted by atomic mass is 19.2. The summed E-state index contributed by atoms with van der Waals surface area (Å²) in [6.45, 7) is 0.922. The molecule has 206 valence electrons. The van der Waals surface area contributed by atoms with Crippen molar-refractivity contribution in [3.05, 3.63) is 53.6 Å². The molecule has 4 rings (SSSR count). The minimum atomic E-state index is -1.05. The third-order valence-corrected chi connectivity index (χ3v) is 7.62. The van der Waals surface area contributed by atoms with Gasteiger partial charge in [-0.15, -0.1) is 0 Å². The minimum absolute atomic E-state index is 0.0641. The maximum absolute atomic E-state index is 13.6. The van der Waals surface area contributed by atoms with Crippen LogP contribution in [0, 0.1) is 11.6 Å². The van der Waals surface area contributed by atoms with Crippen molar-refractivity contribution in [2.24, 2.45) is 0 Å². The maximum Gasteiger partial charge on any atom is 0.319 e. The van der Waals surface area contributed by atoms with Gasteiger partial charge in [-0.1, -0.05) is 6.07 Å². The SMILES string of the molecule is COc1ccc([C@@]23CC[C@@H](NC(=O)Nc4ccc(F)c(F)c4)C[C@@H]2N(C(=O)CNCCO)CC3)cc1OC. The second-order valence-corrected chi connectivity index (χ2v) is 9.68. The molecule has 2 fully saturated rings. The molecule has 9 nitrogen and oxygen atoms in total. The Labute approximate surface area is 220 Å². The summed E-state index contributed by atoms with van der Waals surface area (Å²) >= 11 is 0. The van der Waals surface area contributed by atoms with Crippen molar-refractivity contribution < 1.29 is 33.0 Å². The molecule has 3 amide bonds. The van der Waals surface area contributed by atoms with Crippen molar-refractivity contribution in [2.75, 3.05) is 45.8 Å². The van der Waals surface area contributed by atoms with E-state index in [2.05, 4.69) is 16.0 Å². The van der Waals surface area contributed by atoms with E-state index in [9.17, 15) is 18.4 Å². The van der Waals surface area contributed by atoms with Crippen LogP contribution < -0.4 is 25.4 Å². The van der Waals surface area contributed by atoms with Crippen LogP contribution in [0.25, 0.3) is 0 Å². The number of fused-ring (bicyclic) bond motifs is 1. The first-order valence-corrected chi connectivity index (χ1v) is 12.7. The molecule has 11 heteroatoms. The monoisotopic (exact) mass is 532 g/mol. The molecule has 0 unspecified atom stereocenters. The quantitative estimate of drug-likeness (QED) is 0.370. The molecule has 1 heterocycles.